The molecular formula is C24H32N8O3S. The van der Waals surface area contributed by atoms with Gasteiger partial charge in [0.1, 0.15) is 11.5 Å². The van der Waals surface area contributed by atoms with E-state index in [4.69, 9.17) is 0 Å². The smallest absolute Gasteiger partial charge is 0.340 e. The molecule has 0 aliphatic carbocycles. The predicted octanol–water partition coefficient (Wildman–Crippen LogP) is 3.25. The molecule has 11 nitrogen and oxygen atoms in total. The number of aromatic nitrogens is 5. The van der Waals surface area contributed by atoms with Gasteiger partial charge in [-0.05, 0) is 66.0 Å². The van der Waals surface area contributed by atoms with E-state index in [9.17, 15) is 14.4 Å². The lowest BCUT2D eigenvalue weighted by Crippen LogP contribution is -2.34. The first-order valence-corrected chi connectivity index (χ1v) is 12.8. The summed E-state index contributed by atoms with van der Waals surface area (Å²) < 4.78 is 0. The van der Waals surface area contributed by atoms with E-state index >= 15 is 0 Å². The van der Waals surface area contributed by atoms with Crippen molar-refractivity contribution in [3.05, 3.63) is 44.8 Å². The summed E-state index contributed by atoms with van der Waals surface area (Å²) in [5, 5.41) is 12.5. The van der Waals surface area contributed by atoms with E-state index in [0.717, 1.165) is 41.1 Å². The second kappa shape index (κ2) is 9.84. The zero-order valence-electron chi connectivity index (χ0n) is 21.4. The van der Waals surface area contributed by atoms with E-state index in [-0.39, 0.29) is 28.2 Å². The van der Waals surface area contributed by atoms with Gasteiger partial charge in [-0.25, -0.2) is 19.9 Å². The normalized spacial score (nSPS) is 16.7. The second-order valence-electron chi connectivity index (χ2n) is 10.2. The summed E-state index contributed by atoms with van der Waals surface area (Å²) in [4.78, 5) is 52.0. The molecule has 0 unspecified atom stereocenters. The number of amides is 2. The van der Waals surface area contributed by atoms with E-state index in [1.54, 1.807) is 13.1 Å². The van der Waals surface area contributed by atoms with Crippen molar-refractivity contribution in [1.29, 1.82) is 0 Å². The summed E-state index contributed by atoms with van der Waals surface area (Å²) in [5.41, 5.74) is 1.31. The second-order valence-corrected chi connectivity index (χ2v) is 11.2. The fourth-order valence-corrected chi connectivity index (χ4v) is 5.21. The molecule has 2 amide bonds. The van der Waals surface area contributed by atoms with E-state index in [2.05, 4.69) is 56.6 Å². The van der Waals surface area contributed by atoms with Crippen LogP contribution < -0.4 is 16.3 Å². The maximum absolute atomic E-state index is 13.6. The van der Waals surface area contributed by atoms with Crippen LogP contribution in [0.4, 0.5) is 5.82 Å². The zero-order valence-corrected chi connectivity index (χ0v) is 22.2. The SMILES string of the molecule is Cc1cc(NC(C)(C)C)ncc1-c1sc(C(=O)N[C@H](C)c2n[nH]c(=O)[nH]2)nc1C(=O)N1CCC[C@@H]1C. The highest BCUT2D eigenvalue weighted by Gasteiger charge is 2.32. The Bertz CT molecular complexity index is 1340. The van der Waals surface area contributed by atoms with E-state index in [1.165, 1.54) is 0 Å². The minimum absolute atomic E-state index is 0.110. The molecule has 0 spiro atoms. The highest BCUT2D eigenvalue weighted by Crippen LogP contribution is 2.35. The fourth-order valence-electron chi connectivity index (χ4n) is 4.18. The van der Waals surface area contributed by atoms with Crippen LogP contribution in [0.15, 0.2) is 17.1 Å². The molecule has 0 saturated carbocycles. The molecule has 4 rings (SSSR count). The lowest BCUT2D eigenvalue weighted by atomic mass is 10.1. The van der Waals surface area contributed by atoms with Gasteiger partial charge in [-0.2, -0.15) is 5.10 Å². The Hall–Kier alpha value is -3.54. The van der Waals surface area contributed by atoms with Crippen molar-refractivity contribution in [2.24, 2.45) is 0 Å². The minimum Gasteiger partial charge on any atom is -0.365 e. The van der Waals surface area contributed by atoms with Crippen molar-refractivity contribution in [2.75, 3.05) is 11.9 Å². The molecule has 1 saturated heterocycles. The molecule has 4 heterocycles. The summed E-state index contributed by atoms with van der Waals surface area (Å²) >= 11 is 1.15. The van der Waals surface area contributed by atoms with Crippen LogP contribution in [0.2, 0.25) is 0 Å². The Labute approximate surface area is 213 Å². The number of nitrogens with one attached hydrogen (secondary N) is 4. The maximum Gasteiger partial charge on any atom is 0.340 e. The Kier molecular flexibility index (Phi) is 6.98. The molecule has 3 aromatic rings. The maximum atomic E-state index is 13.6. The lowest BCUT2D eigenvalue weighted by Gasteiger charge is -2.22. The molecule has 1 aliphatic rings. The van der Waals surface area contributed by atoms with Crippen LogP contribution in [-0.4, -0.2) is 60.0 Å². The quantitative estimate of drug-likeness (QED) is 0.396. The van der Waals surface area contributed by atoms with Gasteiger partial charge in [0.05, 0.1) is 10.9 Å². The van der Waals surface area contributed by atoms with Crippen LogP contribution in [0.1, 0.15) is 85.2 Å². The van der Waals surface area contributed by atoms with Gasteiger partial charge in [0.25, 0.3) is 11.8 Å². The molecular weight excluding hydrogens is 480 g/mol. The monoisotopic (exact) mass is 512 g/mol. The van der Waals surface area contributed by atoms with Gasteiger partial charge in [-0.15, -0.1) is 11.3 Å². The number of hydrogen-bond acceptors (Lipinski definition) is 8. The number of likely N-dealkylation sites (tertiary alicyclic amines) is 1. The predicted molar refractivity (Wildman–Crippen MR) is 138 cm³/mol. The summed E-state index contributed by atoms with van der Waals surface area (Å²) in [7, 11) is 0. The van der Waals surface area contributed by atoms with Gasteiger partial charge in [0.2, 0.25) is 0 Å². The molecule has 1 fully saturated rings. The van der Waals surface area contributed by atoms with Gasteiger partial charge in [-0.3, -0.25) is 14.6 Å². The number of rotatable bonds is 6. The molecule has 4 N–H and O–H groups in total. The third-order valence-corrected chi connectivity index (χ3v) is 7.06. The van der Waals surface area contributed by atoms with E-state index in [0.29, 0.717) is 17.2 Å². The Morgan fingerprint density at radius 1 is 1.31 bits per heavy atom. The molecule has 0 radical (unpaired) electrons. The average molecular weight is 513 g/mol. The number of anilines is 1. The van der Waals surface area contributed by atoms with E-state index < -0.39 is 17.6 Å². The van der Waals surface area contributed by atoms with Crippen molar-refractivity contribution < 1.29 is 9.59 Å². The number of nitrogens with zero attached hydrogens (tertiary/aromatic N) is 4. The highest BCUT2D eigenvalue weighted by molar-refractivity contribution is 7.17. The van der Waals surface area contributed by atoms with Gasteiger partial charge < -0.3 is 15.5 Å². The Balaban J connectivity index is 1.70. The number of thiazole rings is 1. The highest BCUT2D eigenvalue weighted by atomic mass is 32.1. The number of hydrogen-bond donors (Lipinski definition) is 4. The summed E-state index contributed by atoms with van der Waals surface area (Å²) in [6.45, 7) is 12.5. The first-order valence-electron chi connectivity index (χ1n) is 12.0. The molecule has 1 aliphatic heterocycles. The number of carbonyl (C=O) groups is 2. The third-order valence-electron chi connectivity index (χ3n) is 5.97. The van der Waals surface area contributed by atoms with Gasteiger partial charge in [-0.1, -0.05) is 0 Å². The van der Waals surface area contributed by atoms with Crippen molar-refractivity contribution in [2.45, 2.75) is 72.0 Å². The number of carbonyl (C=O) groups excluding carboxylic acids is 2. The minimum atomic E-state index is -0.562. The third kappa shape index (κ3) is 5.48. The molecule has 0 aromatic carbocycles. The molecule has 192 valence electrons. The van der Waals surface area contributed by atoms with Crippen LogP contribution in [-0.2, 0) is 0 Å². The molecule has 12 heteroatoms. The van der Waals surface area contributed by atoms with Crippen LogP contribution in [0.3, 0.4) is 0 Å². The van der Waals surface area contributed by atoms with E-state index in [1.807, 2.05) is 24.8 Å². The lowest BCUT2D eigenvalue weighted by molar-refractivity contribution is 0.0743. The van der Waals surface area contributed by atoms with Crippen molar-refractivity contribution in [3.8, 4) is 10.4 Å². The van der Waals surface area contributed by atoms with Crippen LogP contribution in [0, 0.1) is 6.92 Å². The number of aryl methyl sites for hydroxylation is 1. The first kappa shape index (κ1) is 25.5. The van der Waals surface area contributed by atoms with Gasteiger partial charge in [0, 0.05) is 29.9 Å². The standard InChI is InChI=1S/C24H32N8O3S/c1-12-10-16(29-24(4,5)6)25-11-15(12)18-17(22(34)32-9-7-8-13(32)2)27-21(36-18)20(33)26-14(3)19-28-23(35)31-30-19/h10-11,13-14H,7-9H2,1-6H3,(H,25,29)(H,26,33)(H2,28,30,31,35)/t13-,14+/m0/s1. The first-order chi connectivity index (χ1) is 16.9. The zero-order chi connectivity index (χ0) is 26.2. The molecule has 36 heavy (non-hydrogen) atoms. The number of H-pyrrole nitrogens is 2. The van der Waals surface area contributed by atoms with Crippen LogP contribution in [0.5, 0.6) is 0 Å². The summed E-state index contributed by atoms with van der Waals surface area (Å²) in [6, 6.07) is 1.48. The largest absolute Gasteiger partial charge is 0.365 e. The summed E-state index contributed by atoms with van der Waals surface area (Å²) in [6.07, 6.45) is 3.60. The van der Waals surface area contributed by atoms with Crippen molar-refractivity contribution >= 4 is 29.0 Å². The van der Waals surface area contributed by atoms with Gasteiger partial charge >= 0.3 is 5.69 Å². The molecule has 0 bridgehead atoms. The number of pyridine rings is 1. The van der Waals surface area contributed by atoms with Crippen molar-refractivity contribution in [1.82, 2.24) is 35.4 Å². The van der Waals surface area contributed by atoms with Crippen LogP contribution in [0.25, 0.3) is 10.4 Å². The number of aromatic amines is 2. The fraction of sp³-hybridized carbons (Fsp3) is 0.500. The Morgan fingerprint density at radius 2 is 2.06 bits per heavy atom. The van der Waals surface area contributed by atoms with Gasteiger partial charge in [0.15, 0.2) is 10.8 Å². The summed E-state index contributed by atoms with van der Waals surface area (Å²) in [5.74, 6) is 0.386. The molecule has 3 aromatic heterocycles. The Morgan fingerprint density at radius 3 is 2.64 bits per heavy atom. The van der Waals surface area contributed by atoms with Crippen LogP contribution >= 0.6 is 11.3 Å². The topological polar surface area (TPSA) is 149 Å². The van der Waals surface area contributed by atoms with Crippen molar-refractivity contribution in [3.63, 3.8) is 0 Å². The molecule has 2 atom stereocenters. The average Bonchev–Trinajstić information content (AvgIpc) is 3.52.